The normalized spacial score (nSPS) is 14.5. The van der Waals surface area contributed by atoms with E-state index in [-0.39, 0.29) is 30.2 Å². The molecule has 0 saturated carbocycles. The monoisotopic (exact) mass is 436 g/mol. The van der Waals surface area contributed by atoms with Gasteiger partial charge in [-0.05, 0) is 36.8 Å². The average Bonchev–Trinajstić information content (AvgIpc) is 2.74. The summed E-state index contributed by atoms with van der Waals surface area (Å²) < 4.78 is 40.2. The number of aromatic nitrogens is 1. The third kappa shape index (κ3) is 5.12. The maximum atomic E-state index is 14.3. The summed E-state index contributed by atoms with van der Waals surface area (Å²) in [5.41, 5.74) is 0.279. The first-order valence-corrected chi connectivity index (χ1v) is 11.3. The number of rotatable bonds is 6. The molecule has 3 rings (SSSR count). The number of amides is 2. The topological polar surface area (TPSA) is 99.7 Å². The van der Waals surface area contributed by atoms with Gasteiger partial charge in [-0.2, -0.15) is 0 Å². The van der Waals surface area contributed by atoms with Crippen LogP contribution in [0.25, 0.3) is 0 Å². The van der Waals surface area contributed by atoms with Crippen LogP contribution in [0.1, 0.15) is 35.6 Å². The van der Waals surface area contributed by atoms with Crippen LogP contribution < -0.4 is 4.72 Å². The highest BCUT2D eigenvalue weighted by Gasteiger charge is 2.26. The molecule has 0 bridgehead atoms. The van der Waals surface area contributed by atoms with E-state index in [2.05, 4.69) is 9.71 Å². The molecule has 162 valence electrons. The third-order valence-electron chi connectivity index (χ3n) is 4.69. The van der Waals surface area contributed by atoms with E-state index in [4.69, 9.17) is 0 Å². The Hall–Kier alpha value is -3.01. The maximum Gasteiger partial charge on any atom is 0.272 e. The second-order valence-electron chi connectivity index (χ2n) is 6.91. The van der Waals surface area contributed by atoms with Crippen molar-refractivity contribution in [3.63, 3.8) is 0 Å². The van der Waals surface area contributed by atoms with Crippen LogP contribution in [0.2, 0.25) is 0 Å². The van der Waals surface area contributed by atoms with E-state index < -0.39 is 15.8 Å². The van der Waals surface area contributed by atoms with E-state index in [1.54, 1.807) is 36.2 Å². The predicted molar refractivity (Wildman–Crippen MR) is 112 cm³/mol. The van der Waals surface area contributed by atoms with Crippen LogP contribution in [-0.2, 0) is 10.0 Å². The highest BCUT2D eigenvalue weighted by molar-refractivity contribution is 7.92. The SMILES string of the molecule is CCCS(=O)(=O)Nc1ccc(C(=O)N2CCN(C(=O)c3ccccn3)CC2)cc1F.[HH]. The fraction of sp³-hybridized carbons (Fsp3) is 0.350. The molecule has 1 aliphatic rings. The summed E-state index contributed by atoms with van der Waals surface area (Å²) in [5.74, 6) is -1.50. The molecule has 2 heterocycles. The van der Waals surface area contributed by atoms with Gasteiger partial charge in [0.15, 0.2) is 0 Å². The van der Waals surface area contributed by atoms with Crippen molar-refractivity contribution in [3.8, 4) is 0 Å². The number of anilines is 1. The Balaban J connectivity index is 0.00000341. The number of nitrogens with zero attached hydrogens (tertiary/aromatic N) is 3. The number of hydrogen-bond acceptors (Lipinski definition) is 5. The van der Waals surface area contributed by atoms with Crippen molar-refractivity contribution in [3.05, 3.63) is 59.7 Å². The number of carbonyl (C=O) groups excluding carboxylic acids is 2. The minimum absolute atomic E-state index is 0. The number of sulfonamides is 1. The Bertz CT molecular complexity index is 1030. The van der Waals surface area contributed by atoms with Crippen molar-refractivity contribution in [2.24, 2.45) is 0 Å². The maximum absolute atomic E-state index is 14.3. The number of nitrogens with one attached hydrogen (secondary N) is 1. The Kier molecular flexibility index (Phi) is 6.66. The fourth-order valence-corrected chi connectivity index (χ4v) is 4.30. The van der Waals surface area contributed by atoms with Crippen molar-refractivity contribution in [1.29, 1.82) is 0 Å². The van der Waals surface area contributed by atoms with Gasteiger partial charge in [0.05, 0.1) is 11.4 Å². The summed E-state index contributed by atoms with van der Waals surface area (Å²) in [5, 5.41) is 0. The van der Waals surface area contributed by atoms with Gasteiger partial charge in [0.2, 0.25) is 10.0 Å². The number of hydrogen-bond donors (Lipinski definition) is 1. The number of halogens is 1. The van der Waals surface area contributed by atoms with Gasteiger partial charge in [0.1, 0.15) is 11.5 Å². The molecule has 2 aromatic rings. The molecule has 0 atom stereocenters. The van der Waals surface area contributed by atoms with Gasteiger partial charge in [0.25, 0.3) is 11.8 Å². The van der Waals surface area contributed by atoms with Crippen molar-refractivity contribution >= 4 is 27.5 Å². The van der Waals surface area contributed by atoms with Gasteiger partial charge >= 0.3 is 0 Å². The lowest BCUT2D eigenvalue weighted by atomic mass is 10.1. The van der Waals surface area contributed by atoms with E-state index in [0.717, 1.165) is 6.07 Å². The van der Waals surface area contributed by atoms with Gasteiger partial charge in [0, 0.05) is 39.4 Å². The average molecular weight is 437 g/mol. The molecule has 1 N–H and O–H groups in total. The largest absolute Gasteiger partial charge is 0.335 e. The third-order valence-corrected chi connectivity index (χ3v) is 6.17. The molecule has 2 amide bonds. The highest BCUT2D eigenvalue weighted by Crippen LogP contribution is 2.19. The van der Waals surface area contributed by atoms with E-state index in [0.29, 0.717) is 38.3 Å². The molecule has 1 fully saturated rings. The zero-order chi connectivity index (χ0) is 21.7. The van der Waals surface area contributed by atoms with Crippen LogP contribution in [0.3, 0.4) is 0 Å². The first-order valence-electron chi connectivity index (χ1n) is 9.60. The zero-order valence-electron chi connectivity index (χ0n) is 16.5. The molecule has 0 radical (unpaired) electrons. The first-order chi connectivity index (χ1) is 14.3. The van der Waals surface area contributed by atoms with Gasteiger partial charge in [-0.15, -0.1) is 0 Å². The number of pyridine rings is 1. The molecular weight excluding hydrogens is 411 g/mol. The van der Waals surface area contributed by atoms with Crippen molar-refractivity contribution in [2.75, 3.05) is 36.7 Å². The number of carbonyl (C=O) groups is 2. The van der Waals surface area contributed by atoms with Gasteiger partial charge in [-0.1, -0.05) is 13.0 Å². The summed E-state index contributed by atoms with van der Waals surface area (Å²) in [6.07, 6.45) is 1.95. The van der Waals surface area contributed by atoms with Crippen LogP contribution in [0.5, 0.6) is 0 Å². The van der Waals surface area contributed by atoms with Crippen molar-refractivity contribution < 1.29 is 23.8 Å². The van der Waals surface area contributed by atoms with E-state index in [1.165, 1.54) is 17.0 Å². The Morgan fingerprint density at radius 3 is 2.33 bits per heavy atom. The Labute approximate surface area is 176 Å². The van der Waals surface area contributed by atoms with Crippen LogP contribution in [0, 0.1) is 5.82 Å². The minimum atomic E-state index is -3.63. The first kappa shape index (κ1) is 21.7. The molecular formula is C20H25FN4O4S. The second-order valence-corrected chi connectivity index (χ2v) is 8.76. The molecule has 30 heavy (non-hydrogen) atoms. The van der Waals surface area contributed by atoms with Crippen LogP contribution in [0.15, 0.2) is 42.6 Å². The molecule has 8 nitrogen and oxygen atoms in total. The molecule has 10 heteroatoms. The molecule has 0 aliphatic carbocycles. The molecule has 1 saturated heterocycles. The lowest BCUT2D eigenvalue weighted by Gasteiger charge is -2.34. The van der Waals surface area contributed by atoms with E-state index in [9.17, 15) is 22.4 Å². The van der Waals surface area contributed by atoms with Gasteiger partial charge < -0.3 is 9.80 Å². The summed E-state index contributed by atoms with van der Waals surface area (Å²) in [4.78, 5) is 32.4. The lowest BCUT2D eigenvalue weighted by Crippen LogP contribution is -2.50. The summed E-state index contributed by atoms with van der Waals surface area (Å²) in [7, 11) is -3.63. The molecule has 1 aromatic carbocycles. The predicted octanol–water partition coefficient (Wildman–Crippen LogP) is 2.22. The summed E-state index contributed by atoms with van der Waals surface area (Å²) >= 11 is 0. The van der Waals surface area contributed by atoms with E-state index in [1.807, 2.05) is 0 Å². The smallest absolute Gasteiger partial charge is 0.272 e. The number of benzene rings is 1. The standard InChI is InChI=1S/C20H23FN4O4S.H2/c1-2-13-30(28,29)23-17-7-6-15(14-16(17)21)19(26)24-9-11-25(12-10-24)20(27)18-5-3-4-8-22-18;/h3-8,14,23H,2,9-13H2,1H3;1H. The second kappa shape index (κ2) is 9.21. The lowest BCUT2D eigenvalue weighted by molar-refractivity contribution is 0.0532. The Morgan fingerprint density at radius 1 is 1.10 bits per heavy atom. The van der Waals surface area contributed by atoms with E-state index >= 15 is 0 Å². The van der Waals surface area contributed by atoms with Gasteiger partial charge in [-0.3, -0.25) is 19.3 Å². The van der Waals surface area contributed by atoms with Crippen molar-refractivity contribution in [2.45, 2.75) is 13.3 Å². The molecule has 0 unspecified atom stereocenters. The quantitative estimate of drug-likeness (QED) is 0.749. The van der Waals surface area contributed by atoms with Crippen molar-refractivity contribution in [1.82, 2.24) is 14.8 Å². The van der Waals surface area contributed by atoms with Crippen LogP contribution in [0.4, 0.5) is 10.1 Å². The summed E-state index contributed by atoms with van der Waals surface area (Å²) in [6.45, 7) is 3.02. The van der Waals surface area contributed by atoms with Crippen LogP contribution in [-0.4, -0.2) is 66.9 Å². The summed E-state index contributed by atoms with van der Waals surface area (Å²) in [6, 6.07) is 8.76. The van der Waals surface area contributed by atoms with Crippen LogP contribution >= 0.6 is 0 Å². The highest BCUT2D eigenvalue weighted by atomic mass is 32.2. The fourth-order valence-electron chi connectivity index (χ4n) is 3.16. The zero-order valence-corrected chi connectivity index (χ0v) is 17.4. The minimum Gasteiger partial charge on any atom is -0.335 e. The molecule has 1 aliphatic heterocycles. The van der Waals surface area contributed by atoms with Gasteiger partial charge in [-0.25, -0.2) is 12.8 Å². The number of piperazine rings is 1. The molecule has 0 spiro atoms. The Morgan fingerprint density at radius 2 is 1.77 bits per heavy atom. The molecule has 1 aromatic heterocycles.